The van der Waals surface area contributed by atoms with Crippen LogP contribution in [-0.2, 0) is 13.5 Å². The van der Waals surface area contributed by atoms with Crippen molar-refractivity contribution in [2.75, 3.05) is 0 Å². The fourth-order valence-electron chi connectivity index (χ4n) is 2.52. The lowest BCUT2D eigenvalue weighted by Gasteiger charge is -1.92. The van der Waals surface area contributed by atoms with Crippen molar-refractivity contribution >= 4 is 11.6 Å². The van der Waals surface area contributed by atoms with Crippen LogP contribution in [0.4, 0.5) is 11.6 Å². The molecule has 1 aromatic carbocycles. The Kier molecular flexibility index (Phi) is 1.30. The van der Waals surface area contributed by atoms with Gasteiger partial charge in [0, 0.05) is 21.4 Å². The van der Waals surface area contributed by atoms with Crippen molar-refractivity contribution in [1.82, 2.24) is 9.78 Å². The minimum absolute atomic E-state index is 0.279. The van der Waals surface area contributed by atoms with Gasteiger partial charge in [0.25, 0.3) is 0 Å². The monoisotopic (exact) mass is 213 g/mol. The molecule has 0 N–H and O–H groups in total. The molecule has 0 radical (unpaired) electrons. The number of rotatable bonds is 0. The second kappa shape index (κ2) is 2.55. The van der Waals surface area contributed by atoms with Crippen LogP contribution in [0.2, 0.25) is 0 Å². The Morgan fingerprint density at radius 3 is 3.19 bits per heavy atom. The first kappa shape index (κ1) is 8.15. The summed E-state index contributed by atoms with van der Waals surface area (Å²) in [5.74, 6) is 0.794. The molecule has 0 fully saturated rings. The highest BCUT2D eigenvalue weighted by Crippen LogP contribution is 2.37. The van der Waals surface area contributed by atoms with Gasteiger partial charge in [-0.1, -0.05) is 18.2 Å². The highest BCUT2D eigenvalue weighted by molar-refractivity contribution is 5.42. The smallest absolute Gasteiger partial charge is 0.154 e. The summed E-state index contributed by atoms with van der Waals surface area (Å²) < 4.78 is 6.00. The van der Waals surface area contributed by atoms with Crippen LogP contribution in [-0.4, -0.2) is 14.5 Å². The first-order chi connectivity index (χ1) is 7.83. The number of hydrogen-bond donors (Lipinski definition) is 0. The summed E-state index contributed by atoms with van der Waals surface area (Å²) in [7, 11) is 1.92. The highest BCUT2D eigenvalue weighted by atomic mass is 15.6. The van der Waals surface area contributed by atoms with Crippen molar-refractivity contribution in [2.24, 2.45) is 12.2 Å². The number of aryl methyl sites for hydroxylation is 1. The van der Waals surface area contributed by atoms with Gasteiger partial charge < -0.3 is 0 Å². The predicted molar refractivity (Wildman–Crippen MR) is 54.6 cm³/mol. The average molecular weight is 213 g/mol. The van der Waals surface area contributed by atoms with Gasteiger partial charge in [-0.05, 0) is 0 Å². The van der Waals surface area contributed by atoms with E-state index >= 15 is 0 Å². The molecule has 0 saturated carbocycles. The molecule has 0 spiro atoms. The Morgan fingerprint density at radius 2 is 2.25 bits per heavy atom. The third kappa shape index (κ3) is 0.856. The lowest BCUT2D eigenvalue weighted by molar-refractivity contribution is -0.835. The maximum Gasteiger partial charge on any atom is 0.484 e. The zero-order valence-corrected chi connectivity index (χ0v) is 8.91. The van der Waals surface area contributed by atoms with Gasteiger partial charge in [0.05, 0.1) is 13.5 Å². The Labute approximate surface area is 92.3 Å². The molecular formula is C11H11N5+2. The van der Waals surface area contributed by atoms with Crippen LogP contribution < -0.4 is 4.57 Å². The summed E-state index contributed by atoms with van der Waals surface area (Å²) in [4.78, 5) is 0. The topological polar surface area (TPSA) is 37.1 Å². The third-order valence-electron chi connectivity index (χ3n) is 3.21. The summed E-state index contributed by atoms with van der Waals surface area (Å²) in [5, 5.41) is 8.86. The third-order valence-corrected chi connectivity index (χ3v) is 3.21. The molecule has 5 nitrogen and oxygen atoms in total. The van der Waals surface area contributed by atoms with E-state index in [1.807, 2.05) is 13.4 Å². The lowest BCUT2D eigenvalue weighted by atomic mass is 10.1. The second-order valence-corrected chi connectivity index (χ2v) is 4.25. The quantitative estimate of drug-likeness (QED) is 0.606. The molecule has 16 heavy (non-hydrogen) atoms. The predicted octanol–water partition coefficient (Wildman–Crippen LogP) is 1.20. The number of hydrogen-bond acceptors (Lipinski definition) is 2. The summed E-state index contributed by atoms with van der Waals surface area (Å²) in [5.41, 5.74) is 2.57. The molecule has 1 atom stereocenters. The Hall–Kier alpha value is -2.04. The van der Waals surface area contributed by atoms with Crippen LogP contribution in [0.25, 0.3) is 0 Å². The maximum absolute atomic E-state index is 4.54. The molecule has 5 heteroatoms. The molecule has 4 rings (SSSR count). The molecule has 0 amide bonds. The summed E-state index contributed by atoms with van der Waals surface area (Å²) in [6, 6.07) is 8.42. The molecule has 0 aliphatic carbocycles. The molecular weight excluding hydrogens is 202 g/mol. The molecule has 1 aromatic heterocycles. The number of para-hydroxylation sites is 1. The van der Waals surface area contributed by atoms with E-state index in [-0.39, 0.29) is 6.17 Å². The first-order valence-corrected chi connectivity index (χ1v) is 5.36. The van der Waals surface area contributed by atoms with E-state index < -0.39 is 0 Å². The molecule has 78 valence electrons. The molecule has 2 aliphatic rings. The fourth-order valence-corrected chi connectivity index (χ4v) is 2.52. The van der Waals surface area contributed by atoms with E-state index in [4.69, 9.17) is 0 Å². The van der Waals surface area contributed by atoms with E-state index in [0.29, 0.717) is 0 Å². The van der Waals surface area contributed by atoms with Gasteiger partial charge in [0.1, 0.15) is 0 Å². The van der Waals surface area contributed by atoms with Crippen LogP contribution in [0.1, 0.15) is 11.7 Å². The fraction of sp³-hybridized carbons (Fsp3) is 0.273. The molecule has 0 bridgehead atoms. The zero-order chi connectivity index (χ0) is 10.7. The van der Waals surface area contributed by atoms with Gasteiger partial charge in [0.15, 0.2) is 11.4 Å². The Balaban J connectivity index is 1.94. The van der Waals surface area contributed by atoms with E-state index in [1.165, 1.54) is 11.3 Å². The average Bonchev–Trinajstić information content (AvgIpc) is 2.87. The molecule has 0 saturated heterocycles. The SMILES string of the molecule is Cn1c[n+]2c(n1)N=[N+]1c3ccccc3C[C@H]12. The first-order valence-electron chi connectivity index (χ1n) is 5.36. The van der Waals surface area contributed by atoms with Gasteiger partial charge in [-0.2, -0.15) is 4.57 Å². The number of azo groups is 2. The van der Waals surface area contributed by atoms with Crippen LogP contribution in [0, 0.1) is 0 Å². The molecule has 2 aromatic rings. The van der Waals surface area contributed by atoms with Crippen LogP contribution in [0.3, 0.4) is 0 Å². The maximum atomic E-state index is 4.54. The molecule has 0 unspecified atom stereocenters. The van der Waals surface area contributed by atoms with Gasteiger partial charge >= 0.3 is 12.1 Å². The zero-order valence-electron chi connectivity index (χ0n) is 8.91. The van der Waals surface area contributed by atoms with Crippen molar-refractivity contribution in [3.8, 4) is 0 Å². The van der Waals surface area contributed by atoms with Gasteiger partial charge in [-0.25, -0.2) is 0 Å². The van der Waals surface area contributed by atoms with Crippen molar-refractivity contribution in [3.63, 3.8) is 0 Å². The van der Waals surface area contributed by atoms with Crippen molar-refractivity contribution in [3.05, 3.63) is 36.2 Å². The van der Waals surface area contributed by atoms with Crippen LogP contribution >= 0.6 is 0 Å². The van der Waals surface area contributed by atoms with Gasteiger partial charge in [-0.3, -0.25) is 0 Å². The molecule has 3 heterocycles. The minimum atomic E-state index is 0.279. The summed E-state index contributed by atoms with van der Waals surface area (Å²) in [6.07, 6.45) is 3.28. The van der Waals surface area contributed by atoms with Gasteiger partial charge in [0.2, 0.25) is 5.69 Å². The van der Waals surface area contributed by atoms with E-state index in [9.17, 15) is 0 Å². The van der Waals surface area contributed by atoms with Crippen LogP contribution in [0.15, 0.2) is 35.7 Å². The van der Waals surface area contributed by atoms with Crippen molar-refractivity contribution in [2.45, 2.75) is 12.6 Å². The second-order valence-electron chi connectivity index (χ2n) is 4.25. The minimum Gasteiger partial charge on any atom is -0.154 e. The van der Waals surface area contributed by atoms with Crippen molar-refractivity contribution in [1.29, 1.82) is 0 Å². The van der Waals surface area contributed by atoms with E-state index in [1.54, 1.807) is 4.68 Å². The summed E-state index contributed by atoms with van der Waals surface area (Å²) in [6.45, 7) is 0. The standard InChI is InChI=1S/C11H11N5/c1-14-7-15-10-6-8-4-2-3-5-9(8)16(10)13-11(15)12-14/h2-5,7,10H,6H2,1H3/q+2/t10-/m0/s1. The van der Waals surface area contributed by atoms with Gasteiger partial charge in [-0.15, -0.1) is 4.68 Å². The number of fused-ring (bicyclic) bond motifs is 5. The largest absolute Gasteiger partial charge is 0.484 e. The highest BCUT2D eigenvalue weighted by Gasteiger charge is 2.49. The van der Waals surface area contributed by atoms with Crippen molar-refractivity contribution < 1.29 is 9.26 Å². The number of benzene rings is 1. The normalized spacial score (nSPS) is 20.3. The number of nitrogens with zero attached hydrogens (tertiary/aromatic N) is 5. The Bertz CT molecular complexity index is 625. The molecule has 2 aliphatic heterocycles. The Morgan fingerprint density at radius 1 is 1.38 bits per heavy atom. The number of aromatic nitrogens is 3. The lowest BCUT2D eigenvalue weighted by Crippen LogP contribution is -2.38. The van der Waals surface area contributed by atoms with E-state index in [2.05, 4.69) is 43.7 Å². The summed E-state index contributed by atoms with van der Waals surface area (Å²) >= 11 is 0. The van der Waals surface area contributed by atoms with Crippen LogP contribution in [0.5, 0.6) is 0 Å². The van der Waals surface area contributed by atoms with E-state index in [0.717, 1.165) is 12.4 Å².